The molecule has 1 aliphatic carbocycles. The average molecular weight is 401 g/mol. The summed E-state index contributed by atoms with van der Waals surface area (Å²) in [5.74, 6) is 0.663. The van der Waals surface area contributed by atoms with Crippen molar-refractivity contribution in [1.29, 1.82) is 0 Å². The smallest absolute Gasteiger partial charge is 0.151 e. The van der Waals surface area contributed by atoms with E-state index >= 15 is 0 Å². The van der Waals surface area contributed by atoms with Gasteiger partial charge in [-0.2, -0.15) is 0 Å². The molecule has 1 unspecified atom stereocenters. The van der Waals surface area contributed by atoms with Gasteiger partial charge in [0.15, 0.2) is 5.65 Å². The number of halogens is 2. The molecule has 6 heteroatoms. The van der Waals surface area contributed by atoms with Crippen molar-refractivity contribution in [3.63, 3.8) is 0 Å². The van der Waals surface area contributed by atoms with Crippen LogP contribution >= 0.6 is 15.9 Å². The van der Waals surface area contributed by atoms with Gasteiger partial charge in [-0.1, -0.05) is 6.92 Å². The van der Waals surface area contributed by atoms with Crippen LogP contribution in [0.1, 0.15) is 57.7 Å². The zero-order chi connectivity index (χ0) is 17.0. The summed E-state index contributed by atoms with van der Waals surface area (Å²) in [7, 11) is -0.924. The van der Waals surface area contributed by atoms with Gasteiger partial charge in [-0.25, -0.2) is 9.37 Å². The van der Waals surface area contributed by atoms with Gasteiger partial charge in [-0.15, -0.1) is 0 Å². The predicted octanol–water partition coefficient (Wildman–Crippen LogP) is 4.71. The molecule has 1 saturated carbocycles. The molecule has 1 fully saturated rings. The van der Waals surface area contributed by atoms with Crippen molar-refractivity contribution >= 4 is 32.4 Å². The van der Waals surface area contributed by atoms with Crippen LogP contribution in [0.2, 0.25) is 0 Å². The lowest BCUT2D eigenvalue weighted by Gasteiger charge is -2.19. The molecule has 2 atom stereocenters. The number of fused-ring (bicyclic) bond motifs is 1. The molecule has 2 aromatic heterocycles. The lowest BCUT2D eigenvalue weighted by molar-refractivity contribution is 0.316. The molecule has 0 N–H and O–H groups in total. The molecule has 1 aliphatic rings. The number of rotatable bonds is 4. The molecule has 0 amide bonds. The monoisotopic (exact) mass is 400 g/mol. The van der Waals surface area contributed by atoms with Gasteiger partial charge in [-0.05, 0) is 55.6 Å². The summed E-state index contributed by atoms with van der Waals surface area (Å²) in [6, 6.07) is 1.83. The van der Waals surface area contributed by atoms with Crippen LogP contribution in [0, 0.1) is 0 Å². The molecule has 0 radical (unpaired) electrons. The van der Waals surface area contributed by atoms with E-state index in [1.165, 1.54) is 0 Å². The highest BCUT2D eigenvalue weighted by Crippen LogP contribution is 2.50. The van der Waals surface area contributed by atoms with E-state index in [9.17, 15) is 8.60 Å². The highest BCUT2D eigenvalue weighted by atomic mass is 79.9. The van der Waals surface area contributed by atoms with Gasteiger partial charge in [0.25, 0.3) is 0 Å². The highest BCUT2D eigenvalue weighted by molar-refractivity contribution is 9.10. The maximum atomic E-state index is 14.3. The van der Waals surface area contributed by atoms with Gasteiger partial charge < -0.3 is 4.40 Å². The van der Waals surface area contributed by atoms with Crippen LogP contribution in [0.5, 0.6) is 0 Å². The molecule has 0 aromatic carbocycles. The van der Waals surface area contributed by atoms with Gasteiger partial charge in [0, 0.05) is 45.2 Å². The molecule has 23 heavy (non-hydrogen) atoms. The fraction of sp³-hybridized carbons (Fsp3) is 0.588. The molecule has 0 bridgehead atoms. The third-order valence-electron chi connectivity index (χ3n) is 4.32. The SMILES string of the molecule is C[C@@H](CS(=O)C(C)(C)C)c1cn2cc(C3(F)CC3)cc(Br)c2n1. The Hall–Kier alpha value is -0.750. The number of aromatic nitrogens is 2. The van der Waals surface area contributed by atoms with Crippen molar-refractivity contribution in [2.45, 2.75) is 56.9 Å². The first-order valence-corrected chi connectivity index (χ1v) is 9.97. The van der Waals surface area contributed by atoms with E-state index in [1.807, 2.05) is 50.6 Å². The predicted molar refractivity (Wildman–Crippen MR) is 96.1 cm³/mol. The third kappa shape index (κ3) is 3.38. The lowest BCUT2D eigenvalue weighted by Crippen LogP contribution is -2.26. The van der Waals surface area contributed by atoms with Crippen molar-refractivity contribution < 1.29 is 8.60 Å². The maximum absolute atomic E-state index is 14.3. The Balaban J connectivity index is 1.91. The number of nitrogens with zero attached hydrogens (tertiary/aromatic N) is 2. The highest BCUT2D eigenvalue weighted by Gasteiger charge is 2.45. The van der Waals surface area contributed by atoms with E-state index in [1.54, 1.807) is 0 Å². The van der Waals surface area contributed by atoms with Crippen LogP contribution in [0.4, 0.5) is 4.39 Å². The van der Waals surface area contributed by atoms with Crippen LogP contribution in [-0.2, 0) is 16.5 Å². The summed E-state index contributed by atoms with van der Waals surface area (Å²) in [5, 5.41) is 0. The Morgan fingerprint density at radius 3 is 2.65 bits per heavy atom. The fourth-order valence-electron chi connectivity index (χ4n) is 2.52. The zero-order valence-electron chi connectivity index (χ0n) is 13.9. The van der Waals surface area contributed by atoms with E-state index in [4.69, 9.17) is 0 Å². The summed E-state index contributed by atoms with van der Waals surface area (Å²) >= 11 is 3.50. The van der Waals surface area contributed by atoms with Crippen LogP contribution in [0.25, 0.3) is 5.65 Å². The fourth-order valence-corrected chi connectivity index (χ4v) is 4.18. The Labute approximate surface area is 147 Å². The third-order valence-corrected chi connectivity index (χ3v) is 7.07. The number of pyridine rings is 1. The van der Waals surface area contributed by atoms with E-state index in [0.29, 0.717) is 24.2 Å². The number of alkyl halides is 1. The number of imidazole rings is 1. The normalized spacial score (nSPS) is 19.7. The van der Waals surface area contributed by atoms with E-state index in [2.05, 4.69) is 20.9 Å². The minimum Gasteiger partial charge on any atom is -0.305 e. The first-order chi connectivity index (χ1) is 10.6. The van der Waals surface area contributed by atoms with Gasteiger partial charge in [0.1, 0.15) is 5.67 Å². The Bertz CT molecular complexity index is 777. The molecule has 2 aromatic rings. The maximum Gasteiger partial charge on any atom is 0.151 e. The Kier molecular flexibility index (Phi) is 4.20. The molecular formula is C17H22BrFN2OS. The summed E-state index contributed by atoms with van der Waals surface area (Å²) in [6.07, 6.45) is 4.94. The molecule has 2 heterocycles. The summed E-state index contributed by atoms with van der Waals surface area (Å²) in [5.41, 5.74) is 1.21. The largest absolute Gasteiger partial charge is 0.305 e. The van der Waals surface area contributed by atoms with Gasteiger partial charge >= 0.3 is 0 Å². The molecule has 126 valence electrons. The van der Waals surface area contributed by atoms with Crippen LogP contribution < -0.4 is 0 Å². The molecule has 0 spiro atoms. The second-order valence-electron chi connectivity index (χ2n) is 7.46. The Morgan fingerprint density at radius 2 is 2.09 bits per heavy atom. The topological polar surface area (TPSA) is 34.4 Å². The zero-order valence-corrected chi connectivity index (χ0v) is 16.3. The minimum absolute atomic E-state index is 0.0885. The summed E-state index contributed by atoms with van der Waals surface area (Å²) in [6.45, 7) is 7.99. The lowest BCUT2D eigenvalue weighted by atomic mass is 10.1. The summed E-state index contributed by atoms with van der Waals surface area (Å²) in [4.78, 5) is 4.65. The van der Waals surface area contributed by atoms with Crippen molar-refractivity contribution in [1.82, 2.24) is 9.38 Å². The molecule has 0 saturated heterocycles. The van der Waals surface area contributed by atoms with E-state index in [0.717, 1.165) is 15.8 Å². The average Bonchev–Trinajstić information content (AvgIpc) is 3.04. The Morgan fingerprint density at radius 1 is 1.43 bits per heavy atom. The van der Waals surface area contributed by atoms with Crippen molar-refractivity contribution in [2.75, 3.05) is 5.75 Å². The number of hydrogen-bond acceptors (Lipinski definition) is 2. The van der Waals surface area contributed by atoms with Crippen LogP contribution in [-0.4, -0.2) is 24.1 Å². The van der Waals surface area contributed by atoms with Crippen LogP contribution in [0.15, 0.2) is 22.9 Å². The number of hydrogen-bond donors (Lipinski definition) is 0. The quantitative estimate of drug-likeness (QED) is 0.744. The first-order valence-electron chi connectivity index (χ1n) is 7.86. The second-order valence-corrected chi connectivity index (χ2v) is 10.6. The van der Waals surface area contributed by atoms with Gasteiger partial charge in [-0.3, -0.25) is 4.21 Å². The van der Waals surface area contributed by atoms with Crippen molar-refractivity contribution in [2.24, 2.45) is 0 Å². The van der Waals surface area contributed by atoms with Crippen molar-refractivity contribution in [3.05, 3.63) is 34.2 Å². The molecule has 3 nitrogen and oxygen atoms in total. The van der Waals surface area contributed by atoms with Crippen molar-refractivity contribution in [3.8, 4) is 0 Å². The van der Waals surface area contributed by atoms with E-state index < -0.39 is 16.5 Å². The van der Waals surface area contributed by atoms with Gasteiger partial charge in [0.05, 0.1) is 10.2 Å². The second kappa shape index (κ2) is 5.66. The minimum atomic E-state index is -1.17. The van der Waals surface area contributed by atoms with Crippen LogP contribution in [0.3, 0.4) is 0 Å². The summed E-state index contributed by atoms with van der Waals surface area (Å²) < 4.78 is 29.1. The molecule has 3 rings (SSSR count). The standard InChI is InChI=1S/C17H22BrFN2OS/c1-11(10-23(22)16(2,3)4)14-9-21-8-12(17(19)5-6-17)7-13(18)15(21)20-14/h7-9,11H,5-6,10H2,1-4H3/t11-,23?/m0/s1. The first kappa shape index (κ1) is 17.1. The van der Waals surface area contributed by atoms with Gasteiger partial charge in [0.2, 0.25) is 0 Å². The molecule has 0 aliphatic heterocycles. The van der Waals surface area contributed by atoms with E-state index in [-0.39, 0.29) is 10.7 Å². The molecular weight excluding hydrogens is 379 g/mol.